The molecule has 0 bridgehead atoms. The van der Waals surface area contributed by atoms with Crippen LogP contribution >= 0.6 is 0 Å². The number of methoxy groups -OCH3 is 1. The van der Waals surface area contributed by atoms with E-state index in [1.165, 1.54) is 13.2 Å². The highest BCUT2D eigenvalue weighted by Crippen LogP contribution is 2.31. The third-order valence-electron chi connectivity index (χ3n) is 5.86. The molecule has 0 spiro atoms. The van der Waals surface area contributed by atoms with E-state index in [0.29, 0.717) is 17.0 Å². The van der Waals surface area contributed by atoms with Crippen molar-refractivity contribution in [3.05, 3.63) is 59.2 Å². The summed E-state index contributed by atoms with van der Waals surface area (Å²) in [5.74, 6) is -0.968. The van der Waals surface area contributed by atoms with Gasteiger partial charge in [-0.2, -0.15) is 0 Å². The van der Waals surface area contributed by atoms with Crippen LogP contribution in [-0.4, -0.2) is 47.5 Å². The molecule has 2 aromatic rings. The highest BCUT2D eigenvalue weighted by atomic mass is 16.5. The second-order valence-corrected chi connectivity index (χ2v) is 7.89. The number of rotatable bonds is 5. The van der Waals surface area contributed by atoms with Gasteiger partial charge in [0.2, 0.25) is 0 Å². The molecule has 170 valence electrons. The number of hydrogen-bond acceptors (Lipinski definition) is 6. The van der Waals surface area contributed by atoms with Crippen LogP contribution in [0.15, 0.2) is 42.5 Å². The molecular weight excluding hydrogens is 426 g/mol. The number of anilines is 1. The maximum atomic E-state index is 13.2. The molecule has 0 aromatic heterocycles. The number of fused-ring (bicyclic) bond motifs is 1. The van der Waals surface area contributed by atoms with E-state index in [9.17, 15) is 24.0 Å². The Morgan fingerprint density at radius 3 is 2.58 bits per heavy atom. The lowest BCUT2D eigenvalue weighted by molar-refractivity contribution is -0.124. The molecule has 2 aromatic carbocycles. The molecule has 33 heavy (non-hydrogen) atoms. The van der Waals surface area contributed by atoms with Crippen LogP contribution < -0.4 is 15.4 Å². The van der Waals surface area contributed by atoms with Gasteiger partial charge in [0.1, 0.15) is 11.5 Å². The summed E-state index contributed by atoms with van der Waals surface area (Å²) < 4.78 is 5.21. The fourth-order valence-corrected chi connectivity index (χ4v) is 4.18. The van der Waals surface area contributed by atoms with E-state index in [-0.39, 0.29) is 54.9 Å². The first kappa shape index (κ1) is 22.2. The van der Waals surface area contributed by atoms with E-state index in [4.69, 9.17) is 4.74 Å². The molecule has 0 radical (unpaired) electrons. The SMILES string of the molecule is COc1ccccc1NC(=O)NCc1cccc2c1C(=O)N(C1CCC(=O)CCC1=O)C2=O. The van der Waals surface area contributed by atoms with E-state index in [0.717, 1.165) is 4.90 Å². The second-order valence-electron chi connectivity index (χ2n) is 7.89. The first-order valence-electron chi connectivity index (χ1n) is 10.6. The van der Waals surface area contributed by atoms with Crippen LogP contribution in [0.5, 0.6) is 5.75 Å². The van der Waals surface area contributed by atoms with Crippen molar-refractivity contribution in [1.29, 1.82) is 0 Å². The van der Waals surface area contributed by atoms with Gasteiger partial charge in [0.05, 0.1) is 30.0 Å². The zero-order chi connectivity index (χ0) is 23.5. The van der Waals surface area contributed by atoms with Crippen molar-refractivity contribution in [3.63, 3.8) is 0 Å². The van der Waals surface area contributed by atoms with Gasteiger partial charge in [0, 0.05) is 25.8 Å². The molecular formula is C24H23N3O6. The molecule has 9 nitrogen and oxygen atoms in total. The molecule has 1 saturated carbocycles. The number of carbonyl (C=O) groups is 5. The third kappa shape index (κ3) is 4.34. The van der Waals surface area contributed by atoms with Crippen molar-refractivity contribution in [2.75, 3.05) is 12.4 Å². The van der Waals surface area contributed by atoms with Gasteiger partial charge in [-0.05, 0) is 30.2 Å². The minimum Gasteiger partial charge on any atom is -0.495 e. The highest BCUT2D eigenvalue weighted by molar-refractivity contribution is 6.23. The van der Waals surface area contributed by atoms with Crippen LogP contribution in [0.4, 0.5) is 10.5 Å². The summed E-state index contributed by atoms with van der Waals surface area (Å²) in [7, 11) is 1.50. The Bertz CT molecular complexity index is 1160. The number of urea groups is 1. The fraction of sp³-hybridized carbons (Fsp3) is 0.292. The van der Waals surface area contributed by atoms with Crippen molar-refractivity contribution in [3.8, 4) is 5.75 Å². The second kappa shape index (κ2) is 9.23. The molecule has 1 fully saturated rings. The number of nitrogens with one attached hydrogen (secondary N) is 2. The number of ketones is 2. The topological polar surface area (TPSA) is 122 Å². The summed E-state index contributed by atoms with van der Waals surface area (Å²) in [5, 5.41) is 5.37. The van der Waals surface area contributed by atoms with Gasteiger partial charge in [-0.15, -0.1) is 0 Å². The molecule has 1 atom stereocenters. The molecule has 2 aliphatic rings. The summed E-state index contributed by atoms with van der Waals surface area (Å²) in [6.45, 7) is -0.00584. The van der Waals surface area contributed by atoms with Crippen LogP contribution in [0.25, 0.3) is 0 Å². The van der Waals surface area contributed by atoms with Crippen LogP contribution in [0.1, 0.15) is 52.0 Å². The maximum absolute atomic E-state index is 13.2. The standard InChI is InChI=1S/C24H23N3O6/c1-33-20-8-3-2-7-17(20)26-24(32)25-13-14-5-4-6-16-21(14)23(31)27(22(16)30)18-11-9-15(28)10-12-19(18)29/h2-8,18H,9-13H2,1H3,(H2,25,26,32). The van der Waals surface area contributed by atoms with E-state index in [1.807, 2.05) is 0 Å². The van der Waals surface area contributed by atoms with Gasteiger partial charge < -0.3 is 15.4 Å². The predicted molar refractivity (Wildman–Crippen MR) is 118 cm³/mol. The Hall–Kier alpha value is -4.01. The van der Waals surface area contributed by atoms with Gasteiger partial charge in [-0.3, -0.25) is 24.1 Å². The number of imide groups is 1. The maximum Gasteiger partial charge on any atom is 0.319 e. The van der Waals surface area contributed by atoms with Crippen LogP contribution in [0.3, 0.4) is 0 Å². The molecule has 2 N–H and O–H groups in total. The summed E-state index contributed by atoms with van der Waals surface area (Å²) >= 11 is 0. The smallest absolute Gasteiger partial charge is 0.319 e. The Kier molecular flexibility index (Phi) is 6.21. The zero-order valence-electron chi connectivity index (χ0n) is 18.1. The molecule has 1 aliphatic carbocycles. The van der Waals surface area contributed by atoms with Gasteiger partial charge in [-0.1, -0.05) is 24.3 Å². The first-order chi connectivity index (χ1) is 15.9. The Labute approximate surface area is 190 Å². The van der Waals surface area contributed by atoms with Crippen molar-refractivity contribution < 1.29 is 28.7 Å². The van der Waals surface area contributed by atoms with E-state index in [1.54, 1.807) is 36.4 Å². The number of carbonyl (C=O) groups excluding carboxylic acids is 5. The summed E-state index contributed by atoms with van der Waals surface area (Å²) in [4.78, 5) is 63.9. The van der Waals surface area contributed by atoms with Gasteiger partial charge >= 0.3 is 6.03 Å². The number of Topliss-reactive ketones (excluding diaryl/α,β-unsaturated/α-hetero) is 2. The lowest BCUT2D eigenvalue weighted by Gasteiger charge is -2.23. The average molecular weight is 449 g/mol. The quantitative estimate of drug-likeness (QED) is 0.535. The summed E-state index contributed by atoms with van der Waals surface area (Å²) in [6, 6.07) is 10.3. The number of benzene rings is 2. The van der Waals surface area contributed by atoms with Crippen LogP contribution in [0, 0.1) is 0 Å². The lowest BCUT2D eigenvalue weighted by Crippen LogP contribution is -2.44. The van der Waals surface area contributed by atoms with Gasteiger partial charge in [0.15, 0.2) is 5.78 Å². The van der Waals surface area contributed by atoms with Crippen molar-refractivity contribution in [2.24, 2.45) is 0 Å². The molecule has 9 heteroatoms. The predicted octanol–water partition coefficient (Wildman–Crippen LogP) is 2.69. The molecule has 1 aliphatic heterocycles. The van der Waals surface area contributed by atoms with Gasteiger partial charge in [-0.25, -0.2) is 4.79 Å². The van der Waals surface area contributed by atoms with Crippen molar-refractivity contribution in [2.45, 2.75) is 38.3 Å². The normalized spacial score (nSPS) is 18.1. The zero-order valence-corrected chi connectivity index (χ0v) is 18.1. The summed E-state index contributed by atoms with van der Waals surface area (Å²) in [5.41, 5.74) is 1.30. The van der Waals surface area contributed by atoms with E-state index in [2.05, 4.69) is 10.6 Å². The van der Waals surface area contributed by atoms with Crippen molar-refractivity contribution in [1.82, 2.24) is 10.2 Å². The molecule has 4 rings (SSSR count). The Balaban J connectivity index is 1.51. The average Bonchev–Trinajstić information content (AvgIpc) is 2.95. The van der Waals surface area contributed by atoms with Crippen molar-refractivity contribution >= 4 is 35.1 Å². The van der Waals surface area contributed by atoms with Crippen LogP contribution in [-0.2, 0) is 16.1 Å². The fourth-order valence-electron chi connectivity index (χ4n) is 4.18. The largest absolute Gasteiger partial charge is 0.495 e. The van der Waals surface area contributed by atoms with Crippen LogP contribution in [0.2, 0.25) is 0 Å². The van der Waals surface area contributed by atoms with E-state index >= 15 is 0 Å². The van der Waals surface area contributed by atoms with E-state index < -0.39 is 23.9 Å². The van der Waals surface area contributed by atoms with Gasteiger partial charge in [0.25, 0.3) is 11.8 Å². The number of nitrogens with zero attached hydrogens (tertiary/aromatic N) is 1. The number of hydrogen-bond donors (Lipinski definition) is 2. The monoisotopic (exact) mass is 449 g/mol. The molecule has 4 amide bonds. The molecule has 0 saturated heterocycles. The third-order valence-corrected chi connectivity index (χ3v) is 5.86. The number of ether oxygens (including phenoxy) is 1. The molecule has 1 heterocycles. The Morgan fingerprint density at radius 2 is 1.79 bits per heavy atom. The first-order valence-corrected chi connectivity index (χ1v) is 10.6. The number of para-hydroxylation sites is 2. The number of amides is 4. The minimum absolute atomic E-state index is 0.00584. The minimum atomic E-state index is -0.946. The highest BCUT2D eigenvalue weighted by Gasteiger charge is 2.44. The summed E-state index contributed by atoms with van der Waals surface area (Å²) in [6.07, 6.45) is 0.447. The lowest BCUT2D eigenvalue weighted by atomic mass is 10.0. The molecule has 1 unspecified atom stereocenters. The Morgan fingerprint density at radius 1 is 1.00 bits per heavy atom.